The van der Waals surface area contributed by atoms with Crippen LogP contribution in [-0.4, -0.2) is 39.5 Å². The van der Waals surface area contributed by atoms with E-state index in [4.69, 9.17) is 17.3 Å². The number of benzene rings is 2. The average molecular weight is 470 g/mol. The molecule has 2 aromatic carbocycles. The number of hydrogen-bond acceptors (Lipinski definition) is 3. The van der Waals surface area contributed by atoms with Crippen LogP contribution in [0.3, 0.4) is 0 Å². The van der Waals surface area contributed by atoms with Gasteiger partial charge in [-0.05, 0) is 30.9 Å². The number of primary amides is 1. The van der Waals surface area contributed by atoms with Crippen LogP contribution >= 0.6 is 11.6 Å². The number of aromatic nitrogens is 1. The summed E-state index contributed by atoms with van der Waals surface area (Å²) >= 11 is 5.81. The second-order valence-electron chi connectivity index (χ2n) is 8.35. The molecule has 2 heterocycles. The number of hydrogen-bond donors (Lipinski definition) is 3. The Morgan fingerprint density at radius 2 is 1.91 bits per heavy atom. The molecule has 8 nitrogen and oxygen atoms in total. The van der Waals surface area contributed by atoms with Gasteiger partial charge < -0.3 is 21.3 Å². The number of halogens is 2. The first-order valence-corrected chi connectivity index (χ1v) is 10.9. The number of carbonyl (C=O) groups is 3. The zero-order valence-electron chi connectivity index (χ0n) is 17.4. The van der Waals surface area contributed by atoms with Gasteiger partial charge in [-0.1, -0.05) is 41.9 Å². The Kier molecular flexibility index (Phi) is 5.20. The number of rotatable bonds is 4. The van der Waals surface area contributed by atoms with Crippen LogP contribution in [0, 0.1) is 11.7 Å². The summed E-state index contributed by atoms with van der Waals surface area (Å²) in [6.45, 7) is -0.0291. The van der Waals surface area contributed by atoms with Crippen molar-refractivity contribution in [3.05, 3.63) is 65.1 Å². The fraction of sp³-hybridized carbons (Fsp3) is 0.261. The minimum absolute atomic E-state index is 0.0139. The van der Waals surface area contributed by atoms with E-state index in [1.807, 2.05) is 0 Å². The van der Waals surface area contributed by atoms with Gasteiger partial charge in [0.05, 0.1) is 16.2 Å². The lowest BCUT2D eigenvalue weighted by Crippen LogP contribution is -2.49. The van der Waals surface area contributed by atoms with Crippen molar-refractivity contribution in [3.8, 4) is 0 Å². The van der Waals surface area contributed by atoms with E-state index < -0.39 is 23.9 Å². The number of nitrogens with two attached hydrogens (primary N) is 1. The summed E-state index contributed by atoms with van der Waals surface area (Å²) in [6, 6.07) is 9.88. The number of likely N-dealkylation sites (tertiary alicyclic amines) is 1. The molecule has 2 unspecified atom stereocenters. The molecular formula is C23H21ClFN5O3. The first-order valence-electron chi connectivity index (χ1n) is 10.5. The highest BCUT2D eigenvalue weighted by Gasteiger charge is 2.56. The molecule has 1 aliphatic carbocycles. The van der Waals surface area contributed by atoms with Gasteiger partial charge in [0.1, 0.15) is 11.9 Å². The third-order valence-electron chi connectivity index (χ3n) is 6.32. The van der Waals surface area contributed by atoms with E-state index in [9.17, 15) is 18.8 Å². The molecule has 1 saturated heterocycles. The number of fused-ring (bicyclic) bond motifs is 2. The quantitative estimate of drug-likeness (QED) is 0.542. The molecule has 3 aromatic rings. The summed E-state index contributed by atoms with van der Waals surface area (Å²) in [7, 11) is 0. The lowest BCUT2D eigenvalue weighted by Gasteiger charge is -2.27. The number of nitrogens with one attached hydrogen (secondary N) is 2. The molecule has 170 valence electrons. The fourth-order valence-corrected chi connectivity index (χ4v) is 4.80. The van der Waals surface area contributed by atoms with Crippen LogP contribution in [0.25, 0.3) is 10.9 Å². The SMILES string of the molecule is NC(=O)n1cc(NC(=O)N2C3CC3C[C@H]2C(=O)NCc2cccc(Cl)c2F)c2ccccc21. The van der Waals surface area contributed by atoms with Gasteiger partial charge in [-0.3, -0.25) is 9.36 Å². The van der Waals surface area contributed by atoms with Crippen molar-refractivity contribution in [1.29, 1.82) is 0 Å². The Hall–Kier alpha value is -3.59. The monoisotopic (exact) mass is 469 g/mol. The summed E-state index contributed by atoms with van der Waals surface area (Å²) < 4.78 is 15.4. The number of piperidine rings is 1. The predicted octanol–water partition coefficient (Wildman–Crippen LogP) is 3.67. The summed E-state index contributed by atoms with van der Waals surface area (Å²) in [4.78, 5) is 39.4. The van der Waals surface area contributed by atoms with Crippen LogP contribution in [0.4, 0.5) is 19.7 Å². The standard InChI is InChI=1S/C23H21ClFN5O3/c24-15-6-3-4-12(20(15)25)10-27-21(31)19-9-13-8-18(13)30(19)23(33)28-16-11-29(22(26)32)17-7-2-1-5-14(16)17/h1-7,11,13,18-19H,8-10H2,(H2,26,32)(H,27,31)(H,28,33)/t13?,18?,19-/m0/s1. The summed E-state index contributed by atoms with van der Waals surface area (Å²) in [5.74, 6) is -0.660. The van der Waals surface area contributed by atoms with Crippen LogP contribution < -0.4 is 16.4 Å². The number of anilines is 1. The molecule has 3 atom stereocenters. The Bertz CT molecular complexity index is 1290. The summed E-state index contributed by atoms with van der Waals surface area (Å²) in [6.07, 6.45) is 2.86. The van der Waals surface area contributed by atoms with E-state index in [0.29, 0.717) is 23.0 Å². The normalized spacial score (nSPS) is 21.0. The molecule has 2 fully saturated rings. The van der Waals surface area contributed by atoms with Crippen LogP contribution in [0.15, 0.2) is 48.7 Å². The highest BCUT2D eigenvalue weighted by atomic mass is 35.5. The van der Waals surface area contributed by atoms with Gasteiger partial charge in [0.25, 0.3) is 0 Å². The first-order chi connectivity index (χ1) is 15.8. The van der Waals surface area contributed by atoms with Crippen molar-refractivity contribution in [1.82, 2.24) is 14.8 Å². The molecule has 10 heteroatoms. The molecule has 0 spiro atoms. The molecule has 1 saturated carbocycles. The maximum Gasteiger partial charge on any atom is 0.323 e. The van der Waals surface area contributed by atoms with Gasteiger partial charge >= 0.3 is 12.1 Å². The molecule has 33 heavy (non-hydrogen) atoms. The molecule has 0 bridgehead atoms. The van der Waals surface area contributed by atoms with Gasteiger partial charge in [0.15, 0.2) is 0 Å². The number of carbonyl (C=O) groups excluding carboxylic acids is 3. The number of nitrogens with zero attached hydrogens (tertiary/aromatic N) is 2. The Balaban J connectivity index is 1.33. The van der Waals surface area contributed by atoms with Crippen molar-refractivity contribution in [2.24, 2.45) is 11.7 Å². The van der Waals surface area contributed by atoms with E-state index in [1.165, 1.54) is 16.8 Å². The van der Waals surface area contributed by atoms with Gasteiger partial charge in [-0.25, -0.2) is 14.0 Å². The van der Waals surface area contributed by atoms with E-state index in [1.54, 1.807) is 41.3 Å². The second-order valence-corrected chi connectivity index (χ2v) is 8.76. The topological polar surface area (TPSA) is 109 Å². The lowest BCUT2D eigenvalue weighted by molar-refractivity contribution is -0.125. The maximum atomic E-state index is 14.1. The third-order valence-corrected chi connectivity index (χ3v) is 6.61. The molecule has 1 aliphatic heterocycles. The third kappa shape index (κ3) is 3.78. The zero-order valence-corrected chi connectivity index (χ0v) is 18.2. The van der Waals surface area contributed by atoms with Crippen molar-refractivity contribution in [3.63, 3.8) is 0 Å². The van der Waals surface area contributed by atoms with Crippen LogP contribution in [-0.2, 0) is 11.3 Å². The molecule has 0 radical (unpaired) electrons. The number of urea groups is 1. The minimum atomic E-state index is -0.666. The first kappa shape index (κ1) is 21.3. The van der Waals surface area contributed by atoms with E-state index in [0.717, 1.165) is 6.42 Å². The van der Waals surface area contributed by atoms with Gasteiger partial charge in [-0.15, -0.1) is 0 Å². The smallest absolute Gasteiger partial charge is 0.323 e. The van der Waals surface area contributed by atoms with Crippen LogP contribution in [0.1, 0.15) is 18.4 Å². The molecule has 4 amide bonds. The van der Waals surface area contributed by atoms with Gasteiger partial charge in [0.2, 0.25) is 5.91 Å². The Morgan fingerprint density at radius 1 is 1.12 bits per heavy atom. The van der Waals surface area contributed by atoms with Crippen molar-refractivity contribution in [2.45, 2.75) is 31.5 Å². The van der Waals surface area contributed by atoms with Gasteiger partial charge in [0, 0.05) is 29.7 Å². The van der Waals surface area contributed by atoms with Crippen LogP contribution in [0.5, 0.6) is 0 Å². The highest BCUT2D eigenvalue weighted by Crippen LogP contribution is 2.48. The lowest BCUT2D eigenvalue weighted by atomic mass is 10.1. The highest BCUT2D eigenvalue weighted by molar-refractivity contribution is 6.30. The second kappa shape index (κ2) is 8.08. The number of para-hydroxylation sites is 1. The maximum absolute atomic E-state index is 14.1. The van der Waals surface area contributed by atoms with E-state index in [2.05, 4.69) is 10.6 Å². The summed E-state index contributed by atoms with van der Waals surface area (Å²) in [5, 5.41) is 6.21. The zero-order chi connectivity index (χ0) is 23.3. The molecule has 4 N–H and O–H groups in total. The molecule has 5 rings (SSSR count). The average Bonchev–Trinajstić information content (AvgIpc) is 3.30. The van der Waals surface area contributed by atoms with Crippen molar-refractivity contribution >= 4 is 46.2 Å². The van der Waals surface area contributed by atoms with E-state index in [-0.39, 0.29) is 35.0 Å². The molecule has 1 aromatic heterocycles. The predicted molar refractivity (Wildman–Crippen MR) is 121 cm³/mol. The van der Waals surface area contributed by atoms with Gasteiger partial charge in [-0.2, -0.15) is 0 Å². The number of amides is 4. The van der Waals surface area contributed by atoms with E-state index >= 15 is 0 Å². The van der Waals surface area contributed by atoms with Crippen molar-refractivity contribution in [2.75, 3.05) is 5.32 Å². The summed E-state index contributed by atoms with van der Waals surface area (Å²) in [5.41, 5.74) is 6.73. The molecular weight excluding hydrogens is 449 g/mol. The Morgan fingerprint density at radius 3 is 2.70 bits per heavy atom. The fourth-order valence-electron chi connectivity index (χ4n) is 4.61. The minimum Gasteiger partial charge on any atom is -0.351 e. The van der Waals surface area contributed by atoms with Crippen molar-refractivity contribution < 1.29 is 18.8 Å². The van der Waals surface area contributed by atoms with Crippen LogP contribution in [0.2, 0.25) is 5.02 Å². The largest absolute Gasteiger partial charge is 0.351 e. The molecule has 2 aliphatic rings. The Labute approximate surface area is 193 Å².